The van der Waals surface area contributed by atoms with Gasteiger partial charge < -0.3 is 14.6 Å². The predicted octanol–water partition coefficient (Wildman–Crippen LogP) is 3.12. The molecule has 25 heavy (non-hydrogen) atoms. The average Bonchev–Trinajstić information content (AvgIpc) is 3.14. The fourth-order valence-corrected chi connectivity index (χ4v) is 4.03. The highest BCUT2D eigenvalue weighted by Crippen LogP contribution is 2.38. The van der Waals surface area contributed by atoms with E-state index in [0.29, 0.717) is 22.8 Å². The van der Waals surface area contributed by atoms with Crippen molar-refractivity contribution in [3.8, 4) is 11.5 Å². The zero-order valence-corrected chi connectivity index (χ0v) is 15.4. The van der Waals surface area contributed by atoms with Crippen LogP contribution in [0.5, 0.6) is 11.5 Å². The van der Waals surface area contributed by atoms with Gasteiger partial charge >= 0.3 is 5.97 Å². The summed E-state index contributed by atoms with van der Waals surface area (Å²) < 4.78 is 10.9. The lowest BCUT2D eigenvalue weighted by molar-refractivity contribution is -0.147. The van der Waals surface area contributed by atoms with E-state index < -0.39 is 12.0 Å². The molecule has 8 heteroatoms. The minimum Gasteiger partial charge on any atom is -0.480 e. The number of hydrogen-bond acceptors (Lipinski definition) is 6. The van der Waals surface area contributed by atoms with E-state index in [9.17, 15) is 14.7 Å². The Morgan fingerprint density at radius 1 is 1.44 bits per heavy atom. The predicted molar refractivity (Wildman–Crippen MR) is 98.5 cm³/mol. The van der Waals surface area contributed by atoms with E-state index in [1.807, 2.05) is 13.0 Å². The summed E-state index contributed by atoms with van der Waals surface area (Å²) in [5.41, 5.74) is 0.764. The van der Waals surface area contributed by atoms with Gasteiger partial charge in [-0.15, -0.1) is 0 Å². The molecular formula is C17H17NO5S2. The Morgan fingerprint density at radius 3 is 2.84 bits per heavy atom. The monoisotopic (exact) mass is 379 g/mol. The normalized spacial score (nSPS) is 20.2. The highest BCUT2D eigenvalue weighted by Gasteiger charge is 2.42. The molecule has 1 fully saturated rings. The highest BCUT2D eigenvalue weighted by molar-refractivity contribution is 8.26. The van der Waals surface area contributed by atoms with Gasteiger partial charge in [-0.25, -0.2) is 4.79 Å². The van der Waals surface area contributed by atoms with Crippen LogP contribution in [0.25, 0.3) is 6.08 Å². The van der Waals surface area contributed by atoms with Gasteiger partial charge in [0.1, 0.15) is 10.4 Å². The number of nitrogens with zero attached hydrogens (tertiary/aromatic N) is 1. The van der Waals surface area contributed by atoms with Crippen LogP contribution in [0.15, 0.2) is 23.1 Å². The van der Waals surface area contributed by atoms with Gasteiger partial charge in [-0.05, 0) is 29.7 Å². The number of carboxylic acids is 1. The highest BCUT2D eigenvalue weighted by atomic mass is 32.2. The quantitative estimate of drug-likeness (QED) is 0.622. The lowest BCUT2D eigenvalue weighted by Crippen LogP contribution is -2.47. The lowest BCUT2D eigenvalue weighted by Gasteiger charge is -2.27. The number of ether oxygens (including phenoxy) is 2. The molecular weight excluding hydrogens is 362 g/mol. The van der Waals surface area contributed by atoms with Crippen LogP contribution < -0.4 is 9.47 Å². The maximum absolute atomic E-state index is 12.8. The molecule has 0 spiro atoms. The van der Waals surface area contributed by atoms with E-state index >= 15 is 0 Å². The van der Waals surface area contributed by atoms with Gasteiger partial charge in [-0.1, -0.05) is 50.3 Å². The summed E-state index contributed by atoms with van der Waals surface area (Å²) in [5, 5.41) is 9.54. The van der Waals surface area contributed by atoms with Crippen molar-refractivity contribution in [3.05, 3.63) is 28.7 Å². The fourth-order valence-electron chi connectivity index (χ4n) is 2.71. The number of carbonyl (C=O) groups is 2. The second kappa shape index (κ2) is 7.05. The second-order valence-corrected chi connectivity index (χ2v) is 7.51. The van der Waals surface area contributed by atoms with E-state index in [2.05, 4.69) is 0 Å². The molecule has 1 saturated heterocycles. The largest absolute Gasteiger partial charge is 0.480 e. The van der Waals surface area contributed by atoms with Gasteiger partial charge in [0, 0.05) is 0 Å². The number of thiocarbonyl (C=S) groups is 1. The third-order valence-corrected chi connectivity index (χ3v) is 5.56. The molecule has 2 heterocycles. The second-order valence-electron chi connectivity index (χ2n) is 5.83. The van der Waals surface area contributed by atoms with Gasteiger partial charge in [0.15, 0.2) is 11.5 Å². The third-order valence-electron chi connectivity index (χ3n) is 4.23. The van der Waals surface area contributed by atoms with Crippen LogP contribution in [-0.2, 0) is 9.59 Å². The maximum atomic E-state index is 12.8. The Morgan fingerprint density at radius 2 is 2.16 bits per heavy atom. The molecule has 1 amide bonds. The minimum absolute atomic E-state index is 0.177. The van der Waals surface area contributed by atoms with Crippen molar-refractivity contribution < 1.29 is 24.2 Å². The first-order chi connectivity index (χ1) is 11.9. The molecule has 132 valence electrons. The van der Waals surface area contributed by atoms with Gasteiger partial charge in [-0.2, -0.15) is 0 Å². The van der Waals surface area contributed by atoms with Crippen molar-refractivity contribution in [1.29, 1.82) is 0 Å². The van der Waals surface area contributed by atoms with Crippen LogP contribution in [-0.4, -0.2) is 39.0 Å². The van der Waals surface area contributed by atoms with Crippen LogP contribution in [0.4, 0.5) is 0 Å². The van der Waals surface area contributed by atoms with Crippen molar-refractivity contribution in [2.24, 2.45) is 5.92 Å². The number of rotatable bonds is 5. The maximum Gasteiger partial charge on any atom is 0.327 e. The Labute approximate surface area is 154 Å². The van der Waals surface area contributed by atoms with Crippen molar-refractivity contribution in [3.63, 3.8) is 0 Å². The summed E-state index contributed by atoms with van der Waals surface area (Å²) in [7, 11) is 0. The first kappa shape index (κ1) is 17.8. The summed E-state index contributed by atoms with van der Waals surface area (Å²) in [4.78, 5) is 26.0. The first-order valence-corrected chi connectivity index (χ1v) is 9.04. The molecule has 2 aliphatic rings. The topological polar surface area (TPSA) is 76.1 Å². The SMILES string of the molecule is CCC(C)C(C(=O)O)N1C(=O)C(=Cc2ccc3c(c2)OCO3)SC1=S. The molecule has 0 saturated carbocycles. The molecule has 1 aromatic carbocycles. The Hall–Kier alpha value is -2.06. The van der Waals surface area contributed by atoms with Gasteiger partial charge in [0.25, 0.3) is 5.91 Å². The Kier molecular flexibility index (Phi) is 5.01. The summed E-state index contributed by atoms with van der Waals surface area (Å²) >= 11 is 6.39. The van der Waals surface area contributed by atoms with Crippen molar-refractivity contribution >= 4 is 46.3 Å². The molecule has 2 aliphatic heterocycles. The zero-order chi connectivity index (χ0) is 18.1. The number of carbonyl (C=O) groups excluding carboxylic acids is 1. The van der Waals surface area contributed by atoms with Crippen molar-refractivity contribution in [2.75, 3.05) is 6.79 Å². The molecule has 2 unspecified atom stereocenters. The molecule has 3 rings (SSSR count). The third kappa shape index (κ3) is 3.36. The van der Waals surface area contributed by atoms with E-state index in [4.69, 9.17) is 21.7 Å². The van der Waals surface area contributed by atoms with Crippen molar-refractivity contribution in [2.45, 2.75) is 26.3 Å². The van der Waals surface area contributed by atoms with Gasteiger partial charge in [0.2, 0.25) is 6.79 Å². The number of thioether (sulfide) groups is 1. The molecule has 6 nitrogen and oxygen atoms in total. The van der Waals surface area contributed by atoms with E-state index in [0.717, 1.165) is 17.3 Å². The van der Waals surface area contributed by atoms with Gasteiger partial charge in [0.05, 0.1) is 4.91 Å². The van der Waals surface area contributed by atoms with Crippen LogP contribution >= 0.6 is 24.0 Å². The number of amides is 1. The minimum atomic E-state index is -1.05. The number of aliphatic carboxylic acids is 1. The van der Waals surface area contributed by atoms with Crippen LogP contribution in [0.2, 0.25) is 0 Å². The van der Waals surface area contributed by atoms with Crippen LogP contribution in [0, 0.1) is 5.92 Å². The number of benzene rings is 1. The average molecular weight is 379 g/mol. The smallest absolute Gasteiger partial charge is 0.327 e. The standard InChI is InChI=1S/C17H17NO5S2/c1-3-9(2)14(16(20)21)18-15(19)13(25-17(18)24)7-10-4-5-11-12(6-10)23-8-22-11/h4-7,9,14H,3,8H2,1-2H3,(H,20,21). The summed E-state index contributed by atoms with van der Waals surface area (Å²) in [6.45, 7) is 3.87. The van der Waals surface area contributed by atoms with Crippen LogP contribution in [0.3, 0.4) is 0 Å². The molecule has 1 N–H and O–H groups in total. The van der Waals surface area contributed by atoms with E-state index in [-0.39, 0.29) is 22.9 Å². The lowest BCUT2D eigenvalue weighted by atomic mass is 9.98. The number of hydrogen-bond donors (Lipinski definition) is 1. The van der Waals surface area contributed by atoms with Crippen molar-refractivity contribution in [1.82, 2.24) is 4.90 Å². The van der Waals surface area contributed by atoms with E-state index in [1.165, 1.54) is 4.90 Å². The van der Waals surface area contributed by atoms with Gasteiger partial charge in [-0.3, -0.25) is 9.69 Å². The van der Waals surface area contributed by atoms with Crippen LogP contribution in [0.1, 0.15) is 25.8 Å². The fraction of sp³-hybridized carbons (Fsp3) is 0.353. The summed E-state index contributed by atoms with van der Waals surface area (Å²) in [6.07, 6.45) is 2.33. The molecule has 0 bridgehead atoms. The number of fused-ring (bicyclic) bond motifs is 1. The first-order valence-electron chi connectivity index (χ1n) is 7.82. The molecule has 1 aromatic rings. The zero-order valence-electron chi connectivity index (χ0n) is 13.7. The molecule has 0 aliphatic carbocycles. The molecule has 2 atom stereocenters. The Bertz CT molecular complexity index is 776. The molecule has 0 radical (unpaired) electrons. The number of carboxylic acid groups (broad SMARTS) is 1. The molecule has 0 aromatic heterocycles. The summed E-state index contributed by atoms with van der Waals surface area (Å²) in [5.74, 6) is -0.347. The Balaban J connectivity index is 1.89. The van der Waals surface area contributed by atoms with E-state index in [1.54, 1.807) is 25.1 Å². The summed E-state index contributed by atoms with van der Waals surface area (Å²) in [6, 6.07) is 4.40.